The van der Waals surface area contributed by atoms with Crippen LogP contribution in [0.1, 0.15) is 39.4 Å². The lowest BCUT2D eigenvalue weighted by Gasteiger charge is -2.32. The van der Waals surface area contributed by atoms with Gasteiger partial charge in [-0.15, -0.1) is 0 Å². The van der Waals surface area contributed by atoms with E-state index in [1.807, 2.05) is 13.8 Å². The molecular formula is C20H18Cl2N6O2. The Morgan fingerprint density at radius 2 is 2.00 bits per heavy atom. The molecule has 30 heavy (non-hydrogen) atoms. The summed E-state index contributed by atoms with van der Waals surface area (Å²) in [5, 5.41) is 7.79. The number of nitrogens with two attached hydrogens (primary N) is 1. The number of nitrogen functional groups attached to an aromatic ring is 1. The Morgan fingerprint density at radius 3 is 2.73 bits per heavy atom. The van der Waals surface area contributed by atoms with Crippen LogP contribution in [0.3, 0.4) is 0 Å². The molecule has 0 fully saturated rings. The molecule has 3 N–H and O–H groups in total. The quantitative estimate of drug-likeness (QED) is 0.635. The maximum atomic E-state index is 13.3. The zero-order chi connectivity index (χ0) is 21.6. The van der Waals surface area contributed by atoms with Crippen LogP contribution >= 0.6 is 23.2 Å². The van der Waals surface area contributed by atoms with E-state index in [9.17, 15) is 9.59 Å². The van der Waals surface area contributed by atoms with Gasteiger partial charge in [-0.2, -0.15) is 5.10 Å². The number of aromatic nitrogens is 3. The van der Waals surface area contributed by atoms with Crippen molar-refractivity contribution >= 4 is 52.2 Å². The lowest BCUT2D eigenvalue weighted by atomic mass is 10.1. The summed E-state index contributed by atoms with van der Waals surface area (Å²) in [6, 6.07) is 6.52. The van der Waals surface area contributed by atoms with Gasteiger partial charge < -0.3 is 16.0 Å². The molecule has 3 heterocycles. The normalized spacial score (nSPS) is 15.8. The average molecular weight is 445 g/mol. The lowest BCUT2D eigenvalue weighted by molar-refractivity contribution is 0.0954. The minimum atomic E-state index is -0.466. The first-order chi connectivity index (χ1) is 14.3. The second kappa shape index (κ2) is 7.62. The van der Waals surface area contributed by atoms with Gasteiger partial charge in [-0.25, -0.2) is 4.98 Å². The largest absolute Gasteiger partial charge is 0.383 e. The number of hydrogen-bond acceptors (Lipinski definition) is 5. The zero-order valence-electron chi connectivity index (χ0n) is 16.2. The van der Waals surface area contributed by atoms with Gasteiger partial charge in [0.25, 0.3) is 11.8 Å². The van der Waals surface area contributed by atoms with Crippen molar-refractivity contribution in [3.05, 3.63) is 63.5 Å². The van der Waals surface area contributed by atoms with Gasteiger partial charge >= 0.3 is 0 Å². The summed E-state index contributed by atoms with van der Waals surface area (Å²) in [5.74, 6) is -0.669. The predicted molar refractivity (Wildman–Crippen MR) is 116 cm³/mol. The van der Waals surface area contributed by atoms with Gasteiger partial charge in [0.15, 0.2) is 5.69 Å². The third kappa shape index (κ3) is 3.48. The van der Waals surface area contributed by atoms with Crippen LogP contribution in [0.4, 0.5) is 17.2 Å². The van der Waals surface area contributed by atoms with E-state index in [4.69, 9.17) is 28.9 Å². The number of carbonyl (C=O) groups is 2. The van der Waals surface area contributed by atoms with Crippen LogP contribution in [0.25, 0.3) is 0 Å². The summed E-state index contributed by atoms with van der Waals surface area (Å²) in [7, 11) is 0. The van der Waals surface area contributed by atoms with Crippen molar-refractivity contribution in [2.75, 3.05) is 22.5 Å². The highest BCUT2D eigenvalue weighted by Crippen LogP contribution is 2.33. The Balaban J connectivity index is 1.68. The third-order valence-electron chi connectivity index (χ3n) is 4.87. The fourth-order valence-corrected chi connectivity index (χ4v) is 3.67. The molecule has 154 valence electrons. The molecule has 0 aliphatic carbocycles. The first kappa shape index (κ1) is 20.2. The number of halogens is 2. The van der Waals surface area contributed by atoms with Crippen molar-refractivity contribution in [2.24, 2.45) is 0 Å². The van der Waals surface area contributed by atoms with Crippen LogP contribution < -0.4 is 16.0 Å². The van der Waals surface area contributed by atoms with Crippen LogP contribution in [0.2, 0.25) is 10.0 Å². The number of carbonyl (C=O) groups excluding carboxylic acids is 2. The molecule has 0 bridgehead atoms. The molecule has 3 aromatic rings. The van der Waals surface area contributed by atoms with E-state index in [2.05, 4.69) is 15.4 Å². The fraction of sp³-hybridized carbons (Fsp3) is 0.200. The van der Waals surface area contributed by atoms with Crippen molar-refractivity contribution in [3.63, 3.8) is 0 Å². The highest BCUT2D eigenvalue weighted by atomic mass is 35.5. The highest BCUT2D eigenvalue weighted by molar-refractivity contribution is 6.42. The molecular weight excluding hydrogens is 427 g/mol. The number of rotatable bonds is 3. The van der Waals surface area contributed by atoms with Crippen LogP contribution in [-0.4, -0.2) is 33.1 Å². The molecule has 0 saturated carbocycles. The smallest absolute Gasteiger partial charge is 0.278 e. The van der Waals surface area contributed by atoms with Crippen LogP contribution in [0.15, 0.2) is 36.7 Å². The van der Waals surface area contributed by atoms with Gasteiger partial charge in [-0.1, -0.05) is 23.2 Å². The summed E-state index contributed by atoms with van der Waals surface area (Å²) in [4.78, 5) is 31.6. The number of hydrogen-bond donors (Lipinski definition) is 2. The summed E-state index contributed by atoms with van der Waals surface area (Å²) in [6.07, 6.45) is 3.04. The molecule has 8 nitrogen and oxygen atoms in total. The Morgan fingerprint density at radius 1 is 1.23 bits per heavy atom. The Labute approximate surface area is 182 Å². The van der Waals surface area contributed by atoms with E-state index in [1.54, 1.807) is 40.0 Å². The predicted octanol–water partition coefficient (Wildman–Crippen LogP) is 3.95. The van der Waals surface area contributed by atoms with Crippen LogP contribution in [-0.2, 0) is 0 Å². The number of pyridine rings is 1. The van der Waals surface area contributed by atoms with Crippen LogP contribution in [0, 0.1) is 6.92 Å². The summed E-state index contributed by atoms with van der Waals surface area (Å²) >= 11 is 12.1. The number of anilines is 3. The monoisotopic (exact) mass is 444 g/mol. The summed E-state index contributed by atoms with van der Waals surface area (Å²) < 4.78 is 1.60. The van der Waals surface area contributed by atoms with Crippen LogP contribution in [0.5, 0.6) is 0 Å². The number of nitrogens with zero attached hydrogens (tertiary/aromatic N) is 4. The minimum absolute atomic E-state index is 0.108. The topological polar surface area (TPSA) is 106 Å². The SMILES string of the molecule is Cc1cnc(N)c(C(=O)Nc2cnn3c2C(=O)N(c2ccc(Cl)c(Cl)c2)C[C@@H]3C)c1. The van der Waals surface area contributed by atoms with E-state index in [1.165, 1.54) is 6.20 Å². The van der Waals surface area contributed by atoms with E-state index >= 15 is 0 Å². The maximum absolute atomic E-state index is 13.3. The molecule has 1 aliphatic heterocycles. The van der Waals surface area contributed by atoms with Crippen molar-refractivity contribution in [2.45, 2.75) is 19.9 Å². The van der Waals surface area contributed by atoms with Crippen molar-refractivity contribution in [3.8, 4) is 0 Å². The van der Waals surface area contributed by atoms with Gasteiger partial charge in [0.2, 0.25) is 0 Å². The fourth-order valence-electron chi connectivity index (χ4n) is 3.38. The molecule has 1 aromatic carbocycles. The van der Waals surface area contributed by atoms with Crippen molar-refractivity contribution < 1.29 is 9.59 Å². The lowest BCUT2D eigenvalue weighted by Crippen LogP contribution is -2.43. The average Bonchev–Trinajstić information content (AvgIpc) is 3.13. The minimum Gasteiger partial charge on any atom is -0.383 e. The first-order valence-corrected chi connectivity index (χ1v) is 9.89. The molecule has 4 rings (SSSR count). The molecule has 1 atom stereocenters. The van der Waals surface area contributed by atoms with Gasteiger partial charge in [0.05, 0.1) is 33.5 Å². The van der Waals surface area contributed by atoms with Gasteiger partial charge in [0, 0.05) is 18.4 Å². The number of aryl methyl sites for hydroxylation is 1. The third-order valence-corrected chi connectivity index (χ3v) is 5.61. The first-order valence-electron chi connectivity index (χ1n) is 9.14. The van der Waals surface area contributed by atoms with E-state index in [0.717, 1.165) is 5.56 Å². The molecule has 0 radical (unpaired) electrons. The molecule has 0 spiro atoms. The number of fused-ring (bicyclic) bond motifs is 1. The number of benzene rings is 1. The van der Waals surface area contributed by atoms with E-state index in [0.29, 0.717) is 28.0 Å². The van der Waals surface area contributed by atoms with Gasteiger partial charge in [-0.3, -0.25) is 14.3 Å². The molecule has 10 heteroatoms. The molecule has 0 saturated heterocycles. The molecule has 0 unspecified atom stereocenters. The highest BCUT2D eigenvalue weighted by Gasteiger charge is 2.34. The Hall–Kier alpha value is -3.10. The summed E-state index contributed by atoms with van der Waals surface area (Å²) in [5.41, 5.74) is 8.04. The zero-order valence-corrected chi connectivity index (χ0v) is 17.7. The summed E-state index contributed by atoms with van der Waals surface area (Å²) in [6.45, 7) is 4.14. The second-order valence-corrected chi connectivity index (χ2v) is 7.93. The van der Waals surface area contributed by atoms with Crippen molar-refractivity contribution in [1.82, 2.24) is 14.8 Å². The van der Waals surface area contributed by atoms with E-state index < -0.39 is 5.91 Å². The van der Waals surface area contributed by atoms with E-state index in [-0.39, 0.29) is 29.0 Å². The second-order valence-electron chi connectivity index (χ2n) is 7.11. The van der Waals surface area contributed by atoms with Gasteiger partial charge in [0.1, 0.15) is 5.82 Å². The number of nitrogens with one attached hydrogen (secondary N) is 1. The Bertz CT molecular complexity index is 1180. The molecule has 2 aromatic heterocycles. The number of amides is 2. The van der Waals surface area contributed by atoms with Gasteiger partial charge in [-0.05, 0) is 43.7 Å². The van der Waals surface area contributed by atoms with Crippen molar-refractivity contribution in [1.29, 1.82) is 0 Å². The molecule has 2 amide bonds. The standard InChI is InChI=1S/C20H18Cl2N6O2/c1-10-5-13(18(23)24-7-10)19(29)26-16-8-25-28-11(2)9-27(20(30)17(16)28)12-3-4-14(21)15(22)6-12/h3-8,11H,9H2,1-2H3,(H2,23,24)(H,26,29)/t11-/m0/s1. The maximum Gasteiger partial charge on any atom is 0.278 e. The Kier molecular flexibility index (Phi) is 5.13. The molecule has 1 aliphatic rings.